The second kappa shape index (κ2) is 14.4. The third kappa shape index (κ3) is 7.64. The second-order valence-electron chi connectivity index (χ2n) is 9.30. The maximum atomic E-state index is 15.1. The van der Waals surface area contributed by atoms with Crippen LogP contribution in [0.15, 0.2) is 66.7 Å². The number of benzene rings is 3. The lowest BCUT2D eigenvalue weighted by atomic mass is 9.96. The van der Waals surface area contributed by atoms with Crippen LogP contribution in [0.5, 0.6) is 0 Å². The summed E-state index contributed by atoms with van der Waals surface area (Å²) < 4.78 is 25.5. The number of halogens is 1. The van der Waals surface area contributed by atoms with Crippen molar-refractivity contribution < 1.29 is 23.5 Å². The number of rotatable bonds is 7. The highest BCUT2D eigenvalue weighted by Gasteiger charge is 2.39. The Labute approximate surface area is 231 Å². The molecule has 0 aromatic heterocycles. The van der Waals surface area contributed by atoms with Crippen molar-refractivity contribution >= 4 is 24.1 Å². The third-order valence-corrected chi connectivity index (χ3v) is 6.79. The molecule has 3 aromatic carbocycles. The van der Waals surface area contributed by atoms with Crippen LogP contribution in [0.25, 0.3) is 23.3 Å². The number of carbonyl (C=O) groups is 2. The molecule has 2 unspecified atom stereocenters. The minimum absolute atomic E-state index is 0.339. The number of likely N-dealkylation sites (tertiary alicyclic amines) is 1. The van der Waals surface area contributed by atoms with Crippen molar-refractivity contribution in [3.63, 3.8) is 0 Å². The predicted molar refractivity (Wildman–Crippen MR) is 154 cm³/mol. The smallest absolute Gasteiger partial charge is 0.326 e. The summed E-state index contributed by atoms with van der Waals surface area (Å²) in [6, 6.07) is 20.7. The first-order valence-electron chi connectivity index (χ1n) is 13.5. The fraction of sp³-hybridized carbons (Fsp3) is 0.333. The van der Waals surface area contributed by atoms with Crippen LogP contribution in [-0.4, -0.2) is 42.6 Å². The maximum absolute atomic E-state index is 15.1. The van der Waals surface area contributed by atoms with E-state index in [4.69, 9.17) is 9.47 Å². The molecular formula is C33H38FNO4. The van der Waals surface area contributed by atoms with Gasteiger partial charge in [0, 0.05) is 19.0 Å². The predicted octanol–water partition coefficient (Wildman–Crippen LogP) is 7.07. The molecule has 0 bridgehead atoms. The largest absolute Gasteiger partial charge is 0.468 e. The average molecular weight is 532 g/mol. The Kier molecular flexibility index (Phi) is 11.0. The molecule has 0 amide bonds. The summed E-state index contributed by atoms with van der Waals surface area (Å²) in [4.78, 5) is 25.9. The molecular weight excluding hydrogens is 493 g/mol. The minimum Gasteiger partial charge on any atom is -0.468 e. The van der Waals surface area contributed by atoms with Crippen LogP contribution in [0.4, 0.5) is 4.39 Å². The van der Waals surface area contributed by atoms with Gasteiger partial charge in [-0.25, -0.2) is 4.39 Å². The molecule has 2 atom stereocenters. The highest BCUT2D eigenvalue weighted by Crippen LogP contribution is 2.28. The standard InChI is InChI=1S/C31H32FNO4.C2H6/c1-21-24(11-7-12-27(21)25-9-5-4-6-10-25)16-17-26-15-14-23(19-28(26)32)20-33-18-8-13-29(37-22(2)34)30(33)31(35)36-3;1-2/h4-7,9-12,14-17,19,29-30H,8,13,18,20H2,1-3H3;1-2H3/b17-16+;. The van der Waals surface area contributed by atoms with Gasteiger partial charge in [0.25, 0.3) is 0 Å². The van der Waals surface area contributed by atoms with E-state index in [0.29, 0.717) is 25.1 Å². The van der Waals surface area contributed by atoms with E-state index < -0.39 is 24.1 Å². The van der Waals surface area contributed by atoms with E-state index in [9.17, 15) is 9.59 Å². The van der Waals surface area contributed by atoms with Crippen molar-refractivity contribution in [2.75, 3.05) is 13.7 Å². The van der Waals surface area contributed by atoms with Crippen LogP contribution in [-0.2, 0) is 25.6 Å². The Hall–Kier alpha value is -3.77. The van der Waals surface area contributed by atoms with Gasteiger partial charge in [-0.05, 0) is 60.2 Å². The first-order valence-corrected chi connectivity index (χ1v) is 13.5. The molecule has 4 rings (SSSR count). The van der Waals surface area contributed by atoms with Crippen molar-refractivity contribution in [3.05, 3.63) is 94.8 Å². The summed E-state index contributed by atoms with van der Waals surface area (Å²) in [5.74, 6) is -1.24. The summed E-state index contributed by atoms with van der Waals surface area (Å²) in [6.07, 6.45) is 4.47. The summed E-state index contributed by atoms with van der Waals surface area (Å²) in [7, 11) is 1.32. The number of carbonyl (C=O) groups excluding carboxylic acids is 2. The van der Waals surface area contributed by atoms with Gasteiger partial charge in [0.1, 0.15) is 18.0 Å². The third-order valence-electron chi connectivity index (χ3n) is 6.79. The molecule has 0 spiro atoms. The molecule has 0 saturated carbocycles. The lowest BCUT2D eigenvalue weighted by Gasteiger charge is -2.38. The van der Waals surface area contributed by atoms with E-state index in [0.717, 1.165) is 34.2 Å². The number of methoxy groups -OCH3 is 1. The molecule has 3 aromatic rings. The zero-order chi connectivity index (χ0) is 28.4. The van der Waals surface area contributed by atoms with Crippen LogP contribution in [0.2, 0.25) is 0 Å². The highest BCUT2D eigenvalue weighted by molar-refractivity contribution is 5.78. The van der Waals surface area contributed by atoms with Gasteiger partial charge in [0.2, 0.25) is 0 Å². The molecule has 1 aliphatic heterocycles. The van der Waals surface area contributed by atoms with Crippen molar-refractivity contribution in [3.8, 4) is 11.1 Å². The van der Waals surface area contributed by atoms with E-state index in [1.807, 2.05) is 61.2 Å². The molecule has 0 radical (unpaired) electrons. The van der Waals surface area contributed by atoms with Crippen LogP contribution < -0.4 is 0 Å². The first kappa shape index (κ1) is 29.8. The number of hydrogen-bond donors (Lipinski definition) is 0. The zero-order valence-corrected chi connectivity index (χ0v) is 23.4. The fourth-order valence-electron chi connectivity index (χ4n) is 4.95. The van der Waals surface area contributed by atoms with Crippen LogP contribution in [0.1, 0.15) is 55.9 Å². The number of nitrogens with zero attached hydrogens (tertiary/aromatic N) is 1. The van der Waals surface area contributed by atoms with Gasteiger partial charge in [-0.2, -0.15) is 0 Å². The molecule has 1 heterocycles. The second-order valence-corrected chi connectivity index (χ2v) is 9.30. The van der Waals surface area contributed by atoms with Crippen molar-refractivity contribution in [1.29, 1.82) is 0 Å². The molecule has 5 nitrogen and oxygen atoms in total. The quantitative estimate of drug-likeness (QED) is 0.241. The summed E-state index contributed by atoms with van der Waals surface area (Å²) in [6.45, 7) is 8.36. The van der Waals surface area contributed by atoms with Gasteiger partial charge < -0.3 is 9.47 Å². The summed E-state index contributed by atoms with van der Waals surface area (Å²) in [5, 5.41) is 0. The van der Waals surface area contributed by atoms with Gasteiger partial charge in [-0.1, -0.05) is 86.7 Å². The Balaban J connectivity index is 0.00000205. The number of ether oxygens (including phenoxy) is 2. The Morgan fingerprint density at radius 1 is 1.00 bits per heavy atom. The molecule has 206 valence electrons. The van der Waals surface area contributed by atoms with E-state index in [-0.39, 0.29) is 5.82 Å². The van der Waals surface area contributed by atoms with Gasteiger partial charge in [-0.15, -0.1) is 0 Å². The normalized spacial score (nSPS) is 17.3. The van der Waals surface area contributed by atoms with Crippen LogP contribution in [0.3, 0.4) is 0 Å². The molecule has 1 fully saturated rings. The van der Waals surface area contributed by atoms with Crippen LogP contribution in [0, 0.1) is 12.7 Å². The molecule has 1 aliphatic rings. The lowest BCUT2D eigenvalue weighted by Crippen LogP contribution is -2.54. The van der Waals surface area contributed by atoms with Crippen LogP contribution >= 0.6 is 0 Å². The SMILES string of the molecule is CC.COC(=O)C1C(OC(C)=O)CCCN1Cc1ccc(/C=C/c2cccc(-c3ccccc3)c2C)c(F)c1. The molecule has 39 heavy (non-hydrogen) atoms. The molecule has 1 saturated heterocycles. The maximum Gasteiger partial charge on any atom is 0.326 e. The lowest BCUT2D eigenvalue weighted by molar-refractivity contribution is -0.165. The number of esters is 2. The Morgan fingerprint density at radius 2 is 1.72 bits per heavy atom. The van der Waals surface area contributed by atoms with E-state index in [2.05, 4.69) is 25.1 Å². The van der Waals surface area contributed by atoms with Gasteiger partial charge in [0.15, 0.2) is 0 Å². The topological polar surface area (TPSA) is 55.8 Å². The monoisotopic (exact) mass is 531 g/mol. The molecule has 0 N–H and O–H groups in total. The van der Waals surface area contributed by atoms with E-state index >= 15 is 4.39 Å². The van der Waals surface area contributed by atoms with Gasteiger partial charge >= 0.3 is 11.9 Å². The molecule has 0 aliphatic carbocycles. The Bertz CT molecular complexity index is 1290. The van der Waals surface area contributed by atoms with Gasteiger partial charge in [-0.3, -0.25) is 14.5 Å². The average Bonchev–Trinajstić information content (AvgIpc) is 2.94. The van der Waals surface area contributed by atoms with Crippen molar-refractivity contribution in [2.45, 2.75) is 59.2 Å². The first-order chi connectivity index (χ1) is 18.9. The van der Waals surface area contributed by atoms with Crippen molar-refractivity contribution in [1.82, 2.24) is 4.90 Å². The number of hydrogen-bond acceptors (Lipinski definition) is 5. The van der Waals surface area contributed by atoms with E-state index in [1.54, 1.807) is 12.1 Å². The van der Waals surface area contributed by atoms with Gasteiger partial charge in [0.05, 0.1) is 7.11 Å². The van der Waals surface area contributed by atoms with Crippen molar-refractivity contribution in [2.24, 2.45) is 0 Å². The minimum atomic E-state index is -0.717. The highest BCUT2D eigenvalue weighted by atomic mass is 19.1. The summed E-state index contributed by atoms with van der Waals surface area (Å²) >= 11 is 0. The molecule has 6 heteroatoms. The zero-order valence-electron chi connectivity index (χ0n) is 23.4. The van der Waals surface area contributed by atoms with E-state index in [1.165, 1.54) is 20.1 Å². The fourth-order valence-corrected chi connectivity index (χ4v) is 4.95. The Morgan fingerprint density at radius 3 is 2.38 bits per heavy atom. The summed E-state index contributed by atoms with van der Waals surface area (Å²) in [5.41, 5.74) is 5.65. The number of piperidine rings is 1.